The molecule has 0 fully saturated rings. The van der Waals surface area contributed by atoms with Crippen molar-refractivity contribution in [1.29, 1.82) is 0 Å². The Labute approximate surface area is 119 Å². The van der Waals surface area contributed by atoms with Crippen LogP contribution >= 0.6 is 0 Å². The Kier molecular flexibility index (Phi) is 5.70. The Balaban J connectivity index is 2.94. The van der Waals surface area contributed by atoms with Crippen molar-refractivity contribution in [3.05, 3.63) is 29.3 Å². The summed E-state index contributed by atoms with van der Waals surface area (Å²) in [7, 11) is 1.33. The van der Waals surface area contributed by atoms with Gasteiger partial charge in [0.1, 0.15) is 0 Å². The second-order valence-electron chi connectivity index (χ2n) is 4.87. The number of benzene rings is 1. The van der Waals surface area contributed by atoms with Gasteiger partial charge in [0.15, 0.2) is 0 Å². The third-order valence-corrected chi connectivity index (χ3v) is 3.56. The van der Waals surface area contributed by atoms with E-state index in [4.69, 9.17) is 10.5 Å². The van der Waals surface area contributed by atoms with Crippen molar-refractivity contribution in [2.75, 3.05) is 12.4 Å². The van der Waals surface area contributed by atoms with Crippen LogP contribution in [-0.2, 0) is 9.53 Å². The van der Waals surface area contributed by atoms with E-state index in [1.54, 1.807) is 25.1 Å². The first kappa shape index (κ1) is 16.2. The largest absolute Gasteiger partial charge is 0.465 e. The molecule has 0 aliphatic carbocycles. The zero-order valence-corrected chi connectivity index (χ0v) is 12.4. The lowest BCUT2D eigenvalue weighted by atomic mass is 9.99. The van der Waals surface area contributed by atoms with E-state index in [0.717, 1.165) is 6.42 Å². The zero-order chi connectivity index (χ0) is 15.3. The molecule has 0 saturated heterocycles. The Morgan fingerprint density at radius 2 is 2.05 bits per heavy atom. The molecule has 0 aliphatic rings. The summed E-state index contributed by atoms with van der Waals surface area (Å²) in [6.45, 7) is 5.68. The molecule has 0 aromatic heterocycles. The summed E-state index contributed by atoms with van der Waals surface area (Å²) < 4.78 is 4.70. The topological polar surface area (TPSA) is 81.4 Å². The highest BCUT2D eigenvalue weighted by molar-refractivity contribution is 5.98. The van der Waals surface area contributed by atoms with Crippen molar-refractivity contribution in [2.45, 2.75) is 33.2 Å². The van der Waals surface area contributed by atoms with Crippen LogP contribution in [0.25, 0.3) is 0 Å². The normalized spacial score (nSPS) is 13.4. The lowest BCUT2D eigenvalue weighted by Crippen LogP contribution is -2.40. The predicted octanol–water partition coefficient (Wildman–Crippen LogP) is 2.09. The summed E-state index contributed by atoms with van der Waals surface area (Å²) >= 11 is 0. The molecular formula is C15H22N2O3. The third kappa shape index (κ3) is 3.57. The van der Waals surface area contributed by atoms with Crippen LogP contribution in [0.2, 0.25) is 0 Å². The smallest absolute Gasteiger partial charge is 0.338 e. The number of ether oxygens (including phenoxy) is 1. The monoisotopic (exact) mass is 278 g/mol. The zero-order valence-electron chi connectivity index (χ0n) is 12.4. The first-order chi connectivity index (χ1) is 9.42. The number of nitrogens with two attached hydrogens (primary N) is 1. The van der Waals surface area contributed by atoms with E-state index in [1.807, 2.05) is 13.8 Å². The highest BCUT2D eigenvalue weighted by Crippen LogP contribution is 2.20. The predicted molar refractivity (Wildman–Crippen MR) is 78.6 cm³/mol. The number of rotatable bonds is 5. The average Bonchev–Trinajstić information content (AvgIpc) is 2.46. The molecule has 0 heterocycles. The van der Waals surface area contributed by atoms with Gasteiger partial charge in [0, 0.05) is 5.69 Å². The van der Waals surface area contributed by atoms with Crippen LogP contribution in [0.1, 0.15) is 36.2 Å². The molecule has 5 nitrogen and oxygen atoms in total. The molecule has 0 spiro atoms. The minimum Gasteiger partial charge on any atom is -0.465 e. The van der Waals surface area contributed by atoms with E-state index in [0.29, 0.717) is 16.8 Å². The van der Waals surface area contributed by atoms with Crippen LogP contribution in [0.15, 0.2) is 18.2 Å². The van der Waals surface area contributed by atoms with E-state index in [9.17, 15) is 9.59 Å². The van der Waals surface area contributed by atoms with Crippen LogP contribution in [0.5, 0.6) is 0 Å². The standard InChI is InChI=1S/C15H22N2O3/c1-5-9(2)13(16)14(18)17-12-8-6-7-11(10(12)3)15(19)20-4/h6-9,13H,5,16H2,1-4H3,(H,17,18). The van der Waals surface area contributed by atoms with Crippen LogP contribution < -0.4 is 11.1 Å². The number of nitrogens with one attached hydrogen (secondary N) is 1. The van der Waals surface area contributed by atoms with Gasteiger partial charge in [-0.15, -0.1) is 0 Å². The number of hydrogen-bond acceptors (Lipinski definition) is 4. The molecule has 110 valence electrons. The van der Waals surface area contributed by atoms with Crippen molar-refractivity contribution < 1.29 is 14.3 Å². The molecule has 1 aromatic carbocycles. The summed E-state index contributed by atoms with van der Waals surface area (Å²) in [5, 5.41) is 2.77. The number of hydrogen-bond donors (Lipinski definition) is 2. The highest BCUT2D eigenvalue weighted by atomic mass is 16.5. The fourth-order valence-corrected chi connectivity index (χ4v) is 1.83. The second kappa shape index (κ2) is 7.05. The Morgan fingerprint density at radius 1 is 1.40 bits per heavy atom. The quantitative estimate of drug-likeness (QED) is 0.808. The van der Waals surface area contributed by atoms with Crippen molar-refractivity contribution in [3.63, 3.8) is 0 Å². The van der Waals surface area contributed by atoms with Crippen molar-refractivity contribution in [2.24, 2.45) is 11.7 Å². The van der Waals surface area contributed by atoms with Gasteiger partial charge in [-0.1, -0.05) is 26.3 Å². The molecule has 3 N–H and O–H groups in total. The van der Waals surface area contributed by atoms with Gasteiger partial charge in [0.25, 0.3) is 0 Å². The Morgan fingerprint density at radius 3 is 2.60 bits per heavy atom. The fraction of sp³-hybridized carbons (Fsp3) is 0.467. The van der Waals surface area contributed by atoms with Gasteiger partial charge in [0.2, 0.25) is 5.91 Å². The number of methoxy groups -OCH3 is 1. The second-order valence-corrected chi connectivity index (χ2v) is 4.87. The van der Waals surface area contributed by atoms with Gasteiger partial charge < -0.3 is 15.8 Å². The molecule has 0 aliphatic heterocycles. The van der Waals surface area contributed by atoms with E-state index < -0.39 is 12.0 Å². The molecule has 1 aromatic rings. The molecule has 1 amide bonds. The molecule has 2 atom stereocenters. The molecule has 0 radical (unpaired) electrons. The lowest BCUT2D eigenvalue weighted by Gasteiger charge is -2.19. The molecule has 0 saturated carbocycles. The Hall–Kier alpha value is -1.88. The van der Waals surface area contributed by atoms with E-state index >= 15 is 0 Å². The number of carbonyl (C=O) groups excluding carboxylic acids is 2. The van der Waals surface area contributed by atoms with Gasteiger partial charge in [-0.25, -0.2) is 4.79 Å². The third-order valence-electron chi connectivity index (χ3n) is 3.56. The van der Waals surface area contributed by atoms with Crippen LogP contribution in [0, 0.1) is 12.8 Å². The van der Waals surface area contributed by atoms with E-state index in [2.05, 4.69) is 5.32 Å². The fourth-order valence-electron chi connectivity index (χ4n) is 1.83. The van der Waals surface area contributed by atoms with Crippen molar-refractivity contribution in [1.82, 2.24) is 0 Å². The SMILES string of the molecule is CCC(C)C(N)C(=O)Nc1cccc(C(=O)OC)c1C. The van der Waals surface area contributed by atoms with Gasteiger partial charge in [-0.3, -0.25) is 4.79 Å². The number of carbonyl (C=O) groups is 2. The summed E-state index contributed by atoms with van der Waals surface area (Å²) in [5.74, 6) is -0.576. The summed E-state index contributed by atoms with van der Waals surface area (Å²) in [6.07, 6.45) is 0.829. The maximum atomic E-state index is 12.1. The van der Waals surface area contributed by atoms with Crippen molar-refractivity contribution in [3.8, 4) is 0 Å². The minimum absolute atomic E-state index is 0.0964. The first-order valence-electron chi connectivity index (χ1n) is 6.66. The van der Waals surface area contributed by atoms with Gasteiger partial charge in [0.05, 0.1) is 18.7 Å². The maximum Gasteiger partial charge on any atom is 0.338 e. The van der Waals surface area contributed by atoms with Crippen molar-refractivity contribution >= 4 is 17.6 Å². The lowest BCUT2D eigenvalue weighted by molar-refractivity contribution is -0.118. The minimum atomic E-state index is -0.568. The van der Waals surface area contributed by atoms with Crippen LogP contribution in [-0.4, -0.2) is 25.0 Å². The molecule has 5 heteroatoms. The van der Waals surface area contributed by atoms with Crippen LogP contribution in [0.4, 0.5) is 5.69 Å². The van der Waals surface area contributed by atoms with E-state index in [1.165, 1.54) is 7.11 Å². The highest BCUT2D eigenvalue weighted by Gasteiger charge is 2.21. The average molecular weight is 278 g/mol. The maximum absolute atomic E-state index is 12.1. The molecule has 0 bridgehead atoms. The van der Waals surface area contributed by atoms with Gasteiger partial charge in [-0.2, -0.15) is 0 Å². The Bertz CT molecular complexity index is 500. The molecule has 20 heavy (non-hydrogen) atoms. The van der Waals surface area contributed by atoms with Gasteiger partial charge >= 0.3 is 5.97 Å². The molecule has 1 rings (SSSR count). The number of esters is 1. The summed E-state index contributed by atoms with van der Waals surface area (Å²) in [4.78, 5) is 23.7. The van der Waals surface area contributed by atoms with Crippen LogP contribution in [0.3, 0.4) is 0 Å². The summed E-state index contributed by atoms with van der Waals surface area (Å²) in [6, 6.07) is 4.53. The number of amides is 1. The summed E-state index contributed by atoms with van der Waals surface area (Å²) in [5.41, 5.74) is 7.57. The van der Waals surface area contributed by atoms with E-state index in [-0.39, 0.29) is 11.8 Å². The first-order valence-corrected chi connectivity index (χ1v) is 6.66. The molecule has 2 unspecified atom stereocenters. The number of anilines is 1. The molecular weight excluding hydrogens is 256 g/mol. The van der Waals surface area contributed by atoms with Gasteiger partial charge in [-0.05, 0) is 30.5 Å².